The summed E-state index contributed by atoms with van der Waals surface area (Å²) in [6.07, 6.45) is 4.09. The fourth-order valence-electron chi connectivity index (χ4n) is 2.53. The lowest BCUT2D eigenvalue weighted by atomic mass is 9.99. The third-order valence-electron chi connectivity index (χ3n) is 3.77. The van der Waals surface area contributed by atoms with Crippen molar-refractivity contribution < 1.29 is 10.5 Å². The van der Waals surface area contributed by atoms with Crippen molar-refractivity contribution >= 4 is 17.1 Å². The van der Waals surface area contributed by atoms with Crippen LogP contribution in [0, 0.1) is 6.92 Å². The summed E-state index contributed by atoms with van der Waals surface area (Å²) in [6, 6.07) is 4.28. The number of hydrogen-bond donors (Lipinski definition) is 1. The monoisotopic (exact) mass is 270 g/mol. The number of nitrogens with zero attached hydrogens (tertiary/aromatic N) is 2. The maximum atomic E-state index is 6.02. The number of ether oxygens (including phenoxy) is 1. The van der Waals surface area contributed by atoms with Crippen molar-refractivity contribution in [2.24, 2.45) is 4.99 Å². The van der Waals surface area contributed by atoms with E-state index in [9.17, 15) is 0 Å². The highest BCUT2D eigenvalue weighted by Crippen LogP contribution is 2.39. The Kier molecular flexibility index (Phi) is 2.91. The molecule has 0 saturated carbocycles. The van der Waals surface area contributed by atoms with Crippen LogP contribution in [0.4, 0.5) is 11.4 Å². The lowest BCUT2D eigenvalue weighted by Gasteiger charge is -2.24. The van der Waals surface area contributed by atoms with Crippen LogP contribution in [0.25, 0.3) is 0 Å². The van der Waals surface area contributed by atoms with E-state index < -0.39 is 0 Å². The fourth-order valence-corrected chi connectivity index (χ4v) is 2.53. The minimum absolute atomic E-state index is 0.157. The second-order valence-electron chi connectivity index (χ2n) is 5.63. The predicted molar refractivity (Wildman–Crippen MR) is 81.7 cm³/mol. The maximum absolute atomic E-state index is 6.02. The molecule has 2 aliphatic rings. The Labute approximate surface area is 119 Å². The van der Waals surface area contributed by atoms with Gasteiger partial charge in [0.1, 0.15) is 17.4 Å². The third-order valence-corrected chi connectivity index (χ3v) is 3.77. The molecule has 1 aromatic carbocycles. The molecular weight excluding hydrogens is 250 g/mol. The molecule has 1 aromatic rings. The number of benzene rings is 1. The number of aliphatic imine (C=N–C) groups is 1. The summed E-state index contributed by atoms with van der Waals surface area (Å²) in [7, 11) is 4.06. The van der Waals surface area contributed by atoms with E-state index in [1.165, 1.54) is 11.1 Å². The van der Waals surface area contributed by atoms with Gasteiger partial charge in [0.2, 0.25) is 0 Å². The molecule has 1 unspecified atom stereocenters. The van der Waals surface area contributed by atoms with E-state index in [-0.39, 0.29) is 6.04 Å². The largest absolute Gasteiger partial charge is 0.453 e. The lowest BCUT2D eigenvalue weighted by molar-refractivity contribution is -0.390. The second kappa shape index (κ2) is 4.49. The molecule has 3 N–H and O–H groups in total. The summed E-state index contributed by atoms with van der Waals surface area (Å²) >= 11 is 0. The van der Waals surface area contributed by atoms with E-state index in [4.69, 9.17) is 9.73 Å². The third kappa shape index (κ3) is 2.02. The molecule has 0 amide bonds. The Balaban J connectivity index is 2.11. The van der Waals surface area contributed by atoms with Crippen LogP contribution in [0.1, 0.15) is 12.5 Å². The number of fused-ring (bicyclic) bond motifs is 2. The summed E-state index contributed by atoms with van der Waals surface area (Å²) in [5.74, 6) is 1.63. The predicted octanol–water partition coefficient (Wildman–Crippen LogP) is 1.98. The summed E-state index contributed by atoms with van der Waals surface area (Å²) < 4.78 is 6.02. The quantitative estimate of drug-likeness (QED) is 0.848. The SMILES string of the molecule is CC1=CC2=Nc3cc(C)c(N(C)C)cc3OC2=CC1[NH3+]. The van der Waals surface area contributed by atoms with Gasteiger partial charge in [-0.25, -0.2) is 4.99 Å². The minimum atomic E-state index is 0.157. The van der Waals surface area contributed by atoms with E-state index in [2.05, 4.69) is 42.7 Å². The molecule has 0 aromatic heterocycles. The number of hydrogen-bond acceptors (Lipinski definition) is 3. The highest BCUT2D eigenvalue weighted by atomic mass is 16.5. The first-order chi connectivity index (χ1) is 9.45. The first-order valence-corrected chi connectivity index (χ1v) is 6.77. The van der Waals surface area contributed by atoms with Crippen molar-refractivity contribution in [1.29, 1.82) is 0 Å². The van der Waals surface area contributed by atoms with Gasteiger partial charge < -0.3 is 15.4 Å². The number of aryl methyl sites for hydroxylation is 1. The second-order valence-corrected chi connectivity index (χ2v) is 5.63. The molecule has 0 bridgehead atoms. The average Bonchev–Trinajstić information content (AvgIpc) is 2.37. The topological polar surface area (TPSA) is 52.5 Å². The highest BCUT2D eigenvalue weighted by Gasteiger charge is 2.25. The molecule has 0 spiro atoms. The van der Waals surface area contributed by atoms with Gasteiger partial charge in [-0.1, -0.05) is 0 Å². The van der Waals surface area contributed by atoms with Crippen LogP contribution in [-0.2, 0) is 0 Å². The van der Waals surface area contributed by atoms with Gasteiger partial charge in [0.05, 0.1) is 0 Å². The minimum Gasteiger partial charge on any atom is -0.453 e. The van der Waals surface area contributed by atoms with Gasteiger partial charge in [0, 0.05) is 31.9 Å². The molecule has 1 heterocycles. The number of quaternary nitrogens is 1. The van der Waals surface area contributed by atoms with Crippen molar-refractivity contribution in [3.8, 4) is 5.75 Å². The summed E-state index contributed by atoms with van der Waals surface area (Å²) in [5, 5.41) is 0. The van der Waals surface area contributed by atoms with Crippen molar-refractivity contribution in [3.05, 3.63) is 41.2 Å². The van der Waals surface area contributed by atoms with Gasteiger partial charge >= 0.3 is 0 Å². The fraction of sp³-hybridized carbons (Fsp3) is 0.312. The van der Waals surface area contributed by atoms with Crippen molar-refractivity contribution in [2.75, 3.05) is 19.0 Å². The van der Waals surface area contributed by atoms with Gasteiger partial charge in [-0.3, -0.25) is 0 Å². The van der Waals surface area contributed by atoms with Crippen LogP contribution in [0.5, 0.6) is 5.75 Å². The molecule has 1 atom stereocenters. The van der Waals surface area contributed by atoms with Crippen LogP contribution >= 0.6 is 0 Å². The Morgan fingerprint density at radius 1 is 1.25 bits per heavy atom. The van der Waals surface area contributed by atoms with Crippen LogP contribution < -0.4 is 15.4 Å². The zero-order chi connectivity index (χ0) is 14.4. The summed E-state index contributed by atoms with van der Waals surface area (Å²) in [5.41, 5.74) is 9.44. The molecule has 104 valence electrons. The molecule has 20 heavy (non-hydrogen) atoms. The van der Waals surface area contributed by atoms with Crippen LogP contribution in [-0.4, -0.2) is 25.8 Å². The smallest absolute Gasteiger partial charge is 0.155 e. The number of anilines is 1. The van der Waals surface area contributed by atoms with Gasteiger partial charge in [0.15, 0.2) is 11.5 Å². The van der Waals surface area contributed by atoms with Gasteiger partial charge in [-0.05, 0) is 37.1 Å². The molecule has 4 nitrogen and oxygen atoms in total. The Hall–Kier alpha value is -2.07. The Morgan fingerprint density at radius 2 is 2.00 bits per heavy atom. The van der Waals surface area contributed by atoms with E-state index in [0.29, 0.717) is 0 Å². The van der Waals surface area contributed by atoms with Gasteiger partial charge in [-0.15, -0.1) is 0 Å². The zero-order valence-corrected chi connectivity index (χ0v) is 12.4. The Morgan fingerprint density at radius 3 is 2.70 bits per heavy atom. The maximum Gasteiger partial charge on any atom is 0.155 e. The van der Waals surface area contributed by atoms with Gasteiger partial charge in [0.25, 0.3) is 0 Å². The molecule has 0 saturated heterocycles. The highest BCUT2D eigenvalue weighted by molar-refractivity contribution is 6.11. The zero-order valence-electron chi connectivity index (χ0n) is 12.4. The molecule has 3 rings (SSSR count). The van der Waals surface area contributed by atoms with Crippen LogP contribution in [0.2, 0.25) is 0 Å². The average molecular weight is 270 g/mol. The van der Waals surface area contributed by atoms with Crippen molar-refractivity contribution in [2.45, 2.75) is 19.9 Å². The van der Waals surface area contributed by atoms with Crippen molar-refractivity contribution in [3.63, 3.8) is 0 Å². The van der Waals surface area contributed by atoms with Gasteiger partial charge in [-0.2, -0.15) is 0 Å². The first kappa shape index (κ1) is 12.9. The normalized spacial score (nSPS) is 20.1. The molecule has 1 aliphatic heterocycles. The van der Waals surface area contributed by atoms with E-state index in [1.807, 2.05) is 20.2 Å². The molecule has 0 radical (unpaired) electrons. The summed E-state index contributed by atoms with van der Waals surface area (Å²) in [6.45, 7) is 4.17. The first-order valence-electron chi connectivity index (χ1n) is 6.77. The standard InChI is InChI=1S/C16H19N3O/c1-9-5-12-15(7-11(9)17)20-16-8-14(19(3)4)10(2)6-13(16)18-12/h5-8,11H,17H2,1-4H3/p+1. The van der Waals surface area contributed by atoms with E-state index in [1.54, 1.807) is 0 Å². The van der Waals surface area contributed by atoms with E-state index in [0.717, 1.165) is 28.6 Å². The number of allylic oxidation sites excluding steroid dienone is 1. The molecule has 4 heteroatoms. The molecule has 0 fully saturated rings. The molecule has 1 aliphatic carbocycles. The van der Waals surface area contributed by atoms with Crippen LogP contribution in [0.15, 0.2) is 40.6 Å². The summed E-state index contributed by atoms with van der Waals surface area (Å²) in [4.78, 5) is 6.80. The van der Waals surface area contributed by atoms with Crippen LogP contribution in [0.3, 0.4) is 0 Å². The van der Waals surface area contributed by atoms with E-state index >= 15 is 0 Å². The Bertz CT molecular complexity index is 669. The number of rotatable bonds is 1. The lowest BCUT2D eigenvalue weighted by Crippen LogP contribution is -2.61. The van der Waals surface area contributed by atoms with Crippen molar-refractivity contribution in [1.82, 2.24) is 0 Å². The molecular formula is C16H20N3O+.